The molecule has 0 aliphatic rings. The molecule has 102 valence electrons. The average molecular weight is 265 g/mol. The largest absolute Gasteiger partial charge is 0.464 e. The number of nitrogens with zero attached hydrogens (tertiary/aromatic N) is 5. The van der Waals surface area contributed by atoms with Crippen LogP contribution in [0.5, 0.6) is 17.8 Å². The summed E-state index contributed by atoms with van der Waals surface area (Å²) in [5.74, 6) is 5.96. The number of nitrogen functional groups attached to an aromatic ring is 1. The van der Waals surface area contributed by atoms with E-state index in [2.05, 4.69) is 25.5 Å². The Hall–Kier alpha value is -2.42. The van der Waals surface area contributed by atoms with Gasteiger partial charge in [0, 0.05) is 6.54 Å². The van der Waals surface area contributed by atoms with Crippen LogP contribution in [0.25, 0.3) is 0 Å². The van der Waals surface area contributed by atoms with Gasteiger partial charge >= 0.3 is 12.0 Å². The second-order valence-electron chi connectivity index (χ2n) is 3.44. The normalized spacial score (nSPS) is 10.3. The second kappa shape index (κ2) is 5.96. The number of rotatable bonds is 6. The van der Waals surface area contributed by atoms with Crippen molar-refractivity contribution in [2.45, 2.75) is 20.4 Å². The zero-order valence-electron chi connectivity index (χ0n) is 10.7. The molecule has 0 bridgehead atoms. The molecule has 2 aromatic rings. The minimum atomic E-state index is 0.0852. The highest BCUT2D eigenvalue weighted by atomic mass is 16.5. The fourth-order valence-electron chi connectivity index (χ4n) is 1.32. The number of anilines is 1. The van der Waals surface area contributed by atoms with Crippen LogP contribution in [0.1, 0.15) is 13.8 Å². The second-order valence-corrected chi connectivity index (χ2v) is 3.44. The van der Waals surface area contributed by atoms with Crippen molar-refractivity contribution in [1.29, 1.82) is 0 Å². The molecule has 2 rings (SSSR count). The van der Waals surface area contributed by atoms with Crippen LogP contribution in [0, 0.1) is 0 Å². The summed E-state index contributed by atoms with van der Waals surface area (Å²) in [6.45, 7) is 4.98. The maximum absolute atomic E-state index is 5.47. The molecule has 0 radical (unpaired) electrons. The first-order valence-corrected chi connectivity index (χ1v) is 5.81. The third-order valence-electron chi connectivity index (χ3n) is 2.14. The van der Waals surface area contributed by atoms with E-state index in [1.807, 2.05) is 13.8 Å². The Morgan fingerprint density at radius 3 is 2.68 bits per heavy atom. The molecule has 0 aromatic carbocycles. The predicted molar refractivity (Wildman–Crippen MR) is 66.8 cm³/mol. The van der Waals surface area contributed by atoms with E-state index in [9.17, 15) is 0 Å². The summed E-state index contributed by atoms with van der Waals surface area (Å²) in [5, 5.41) is 4.08. The highest BCUT2D eigenvalue weighted by Gasteiger charge is 2.09. The Morgan fingerprint density at radius 2 is 2.05 bits per heavy atom. The average Bonchev–Trinajstić information content (AvgIpc) is 2.86. The summed E-state index contributed by atoms with van der Waals surface area (Å²) in [4.78, 5) is 11.9. The maximum atomic E-state index is 5.47. The fourth-order valence-corrected chi connectivity index (χ4v) is 1.32. The molecule has 9 heteroatoms. The van der Waals surface area contributed by atoms with Gasteiger partial charge in [-0.25, -0.2) is 5.84 Å². The molecule has 0 saturated carbocycles. The molecule has 0 atom stereocenters. The van der Waals surface area contributed by atoms with E-state index in [4.69, 9.17) is 15.3 Å². The van der Waals surface area contributed by atoms with Crippen LogP contribution in [-0.2, 0) is 6.54 Å². The Bertz CT molecular complexity index is 542. The Morgan fingerprint density at radius 1 is 1.26 bits per heavy atom. The maximum Gasteiger partial charge on any atom is 0.330 e. The van der Waals surface area contributed by atoms with Gasteiger partial charge in [-0.1, -0.05) is 0 Å². The molecular weight excluding hydrogens is 250 g/mol. The molecule has 0 saturated heterocycles. The van der Waals surface area contributed by atoms with E-state index >= 15 is 0 Å². The zero-order valence-corrected chi connectivity index (χ0v) is 10.7. The standard InChI is InChI=1S/C10H15N7O2/c1-3-17-6-7(5-12-17)19-10-14-8(16-11)13-9(15-10)18-4-2/h5-6H,3-4,11H2,1-2H3,(H,13,14,15,16). The van der Waals surface area contributed by atoms with Gasteiger partial charge < -0.3 is 9.47 Å². The molecule has 19 heavy (non-hydrogen) atoms. The van der Waals surface area contributed by atoms with Gasteiger partial charge in [-0.15, -0.1) is 4.98 Å². The molecule has 0 aliphatic carbocycles. The number of aromatic nitrogens is 5. The smallest absolute Gasteiger partial charge is 0.330 e. The number of nitrogens with two attached hydrogens (primary N) is 1. The molecule has 0 amide bonds. The van der Waals surface area contributed by atoms with Gasteiger partial charge in [0.1, 0.15) is 0 Å². The van der Waals surface area contributed by atoms with Crippen molar-refractivity contribution >= 4 is 5.95 Å². The van der Waals surface area contributed by atoms with Crippen LogP contribution in [0.2, 0.25) is 0 Å². The van der Waals surface area contributed by atoms with Gasteiger partial charge in [0.2, 0.25) is 5.95 Å². The summed E-state index contributed by atoms with van der Waals surface area (Å²) in [6, 6.07) is 0.227. The summed E-state index contributed by atoms with van der Waals surface area (Å²) in [5.41, 5.74) is 2.33. The van der Waals surface area contributed by atoms with E-state index in [-0.39, 0.29) is 18.0 Å². The van der Waals surface area contributed by atoms with Crippen molar-refractivity contribution in [3.05, 3.63) is 12.4 Å². The summed E-state index contributed by atoms with van der Waals surface area (Å²) >= 11 is 0. The molecular formula is C10H15N7O2. The third kappa shape index (κ3) is 3.28. The van der Waals surface area contributed by atoms with E-state index in [1.54, 1.807) is 17.1 Å². The summed E-state index contributed by atoms with van der Waals surface area (Å²) in [7, 11) is 0. The highest BCUT2D eigenvalue weighted by Crippen LogP contribution is 2.19. The van der Waals surface area contributed by atoms with Crippen LogP contribution in [0.4, 0.5) is 5.95 Å². The van der Waals surface area contributed by atoms with Crippen LogP contribution >= 0.6 is 0 Å². The first kappa shape index (κ1) is 13.0. The summed E-state index contributed by atoms with van der Waals surface area (Å²) < 4.78 is 12.4. The number of hydrogen-bond acceptors (Lipinski definition) is 8. The lowest BCUT2D eigenvalue weighted by molar-refractivity contribution is 0.304. The number of hydrogen-bond donors (Lipinski definition) is 2. The minimum Gasteiger partial charge on any atom is -0.464 e. The van der Waals surface area contributed by atoms with Gasteiger partial charge in [-0.3, -0.25) is 10.1 Å². The molecule has 2 aromatic heterocycles. The molecule has 0 fully saturated rings. The topological polar surface area (TPSA) is 113 Å². The van der Waals surface area contributed by atoms with E-state index in [1.165, 1.54) is 0 Å². The number of hydrazine groups is 1. The molecule has 0 unspecified atom stereocenters. The SMILES string of the molecule is CCOc1nc(NN)nc(Oc2cnn(CC)c2)n1. The van der Waals surface area contributed by atoms with Crippen molar-refractivity contribution in [1.82, 2.24) is 24.7 Å². The van der Waals surface area contributed by atoms with Gasteiger partial charge in [-0.05, 0) is 13.8 Å². The van der Waals surface area contributed by atoms with Crippen LogP contribution < -0.4 is 20.7 Å². The molecule has 3 N–H and O–H groups in total. The van der Waals surface area contributed by atoms with E-state index in [0.29, 0.717) is 12.4 Å². The monoisotopic (exact) mass is 265 g/mol. The summed E-state index contributed by atoms with van der Waals surface area (Å²) in [6.07, 6.45) is 3.31. The fraction of sp³-hybridized carbons (Fsp3) is 0.400. The zero-order chi connectivity index (χ0) is 13.7. The van der Waals surface area contributed by atoms with Crippen molar-refractivity contribution in [2.75, 3.05) is 12.0 Å². The van der Waals surface area contributed by atoms with Gasteiger partial charge in [0.15, 0.2) is 5.75 Å². The van der Waals surface area contributed by atoms with Crippen LogP contribution in [-0.4, -0.2) is 31.3 Å². The highest BCUT2D eigenvalue weighted by molar-refractivity contribution is 5.27. The lowest BCUT2D eigenvalue weighted by Crippen LogP contribution is -2.12. The van der Waals surface area contributed by atoms with Crippen molar-refractivity contribution < 1.29 is 9.47 Å². The van der Waals surface area contributed by atoms with Gasteiger partial charge in [-0.2, -0.15) is 15.1 Å². The Balaban J connectivity index is 2.20. The van der Waals surface area contributed by atoms with Crippen LogP contribution in [0.15, 0.2) is 12.4 Å². The number of nitrogens with one attached hydrogen (secondary N) is 1. The van der Waals surface area contributed by atoms with E-state index in [0.717, 1.165) is 6.54 Å². The number of aryl methyl sites for hydroxylation is 1. The predicted octanol–water partition coefficient (Wildman–Crippen LogP) is 0.565. The lowest BCUT2D eigenvalue weighted by Gasteiger charge is -2.06. The first-order valence-electron chi connectivity index (χ1n) is 5.81. The van der Waals surface area contributed by atoms with Gasteiger partial charge in [0.25, 0.3) is 0 Å². The van der Waals surface area contributed by atoms with E-state index < -0.39 is 0 Å². The minimum absolute atomic E-state index is 0.0852. The molecule has 0 aliphatic heterocycles. The Kier molecular flexibility index (Phi) is 4.08. The third-order valence-corrected chi connectivity index (χ3v) is 2.14. The first-order chi connectivity index (χ1) is 9.25. The lowest BCUT2D eigenvalue weighted by atomic mass is 10.6. The van der Waals surface area contributed by atoms with Crippen molar-refractivity contribution in [3.8, 4) is 17.8 Å². The van der Waals surface area contributed by atoms with Crippen molar-refractivity contribution in [2.24, 2.45) is 5.84 Å². The van der Waals surface area contributed by atoms with Crippen molar-refractivity contribution in [3.63, 3.8) is 0 Å². The number of ether oxygens (including phenoxy) is 2. The Labute approximate surface area is 109 Å². The molecule has 9 nitrogen and oxygen atoms in total. The molecule has 2 heterocycles. The molecule has 0 spiro atoms. The quantitative estimate of drug-likeness (QED) is 0.575. The van der Waals surface area contributed by atoms with Gasteiger partial charge in [0.05, 0.1) is 19.0 Å². The van der Waals surface area contributed by atoms with Crippen LogP contribution in [0.3, 0.4) is 0 Å².